The molecular formula is C17H15FN2O. The Kier molecular flexibility index (Phi) is 3.79. The van der Waals surface area contributed by atoms with Crippen molar-refractivity contribution in [3.05, 3.63) is 71.7 Å². The first-order chi connectivity index (χ1) is 10.2. The van der Waals surface area contributed by atoms with E-state index in [1.54, 1.807) is 6.20 Å². The van der Waals surface area contributed by atoms with E-state index >= 15 is 0 Å². The van der Waals surface area contributed by atoms with Gasteiger partial charge < -0.3 is 10.5 Å². The smallest absolute Gasteiger partial charge is 0.138 e. The van der Waals surface area contributed by atoms with Crippen LogP contribution in [0.4, 0.5) is 4.39 Å². The quantitative estimate of drug-likeness (QED) is 0.797. The molecule has 0 spiro atoms. The van der Waals surface area contributed by atoms with Gasteiger partial charge in [0.2, 0.25) is 0 Å². The number of ether oxygens (including phenoxy) is 1. The molecule has 0 saturated heterocycles. The molecule has 0 amide bonds. The van der Waals surface area contributed by atoms with Gasteiger partial charge in [0.15, 0.2) is 0 Å². The molecule has 0 fully saturated rings. The largest absolute Gasteiger partial charge is 0.487 e. The zero-order chi connectivity index (χ0) is 14.7. The molecule has 0 saturated carbocycles. The fourth-order valence-corrected chi connectivity index (χ4v) is 2.21. The maximum atomic E-state index is 13.4. The summed E-state index contributed by atoms with van der Waals surface area (Å²) in [5.74, 6) is 0.362. The Hall–Kier alpha value is -2.46. The summed E-state index contributed by atoms with van der Waals surface area (Å²) >= 11 is 0. The normalized spacial score (nSPS) is 10.8. The molecule has 3 aromatic rings. The van der Waals surface area contributed by atoms with Gasteiger partial charge in [0.25, 0.3) is 0 Å². The number of hydrogen-bond acceptors (Lipinski definition) is 3. The van der Waals surface area contributed by atoms with E-state index in [9.17, 15) is 4.39 Å². The van der Waals surface area contributed by atoms with Crippen LogP contribution in [0.5, 0.6) is 5.75 Å². The van der Waals surface area contributed by atoms with Crippen LogP contribution in [0.1, 0.15) is 11.1 Å². The average molecular weight is 282 g/mol. The molecule has 4 heteroatoms. The van der Waals surface area contributed by atoms with Gasteiger partial charge in [0.1, 0.15) is 18.2 Å². The predicted molar refractivity (Wildman–Crippen MR) is 80.4 cm³/mol. The van der Waals surface area contributed by atoms with Gasteiger partial charge in [-0.25, -0.2) is 4.39 Å². The molecule has 21 heavy (non-hydrogen) atoms. The Morgan fingerprint density at radius 2 is 1.86 bits per heavy atom. The maximum Gasteiger partial charge on any atom is 0.138 e. The molecule has 1 heterocycles. The van der Waals surface area contributed by atoms with Crippen molar-refractivity contribution in [2.75, 3.05) is 0 Å². The summed E-state index contributed by atoms with van der Waals surface area (Å²) in [4.78, 5) is 4.33. The third kappa shape index (κ3) is 3.17. The molecule has 2 aromatic carbocycles. The molecule has 0 atom stereocenters. The van der Waals surface area contributed by atoms with E-state index in [1.165, 1.54) is 12.1 Å². The number of benzene rings is 2. The monoisotopic (exact) mass is 282 g/mol. The Labute approximate surface area is 122 Å². The van der Waals surface area contributed by atoms with Gasteiger partial charge in [-0.2, -0.15) is 0 Å². The minimum absolute atomic E-state index is 0.283. The average Bonchev–Trinajstić information content (AvgIpc) is 2.52. The van der Waals surface area contributed by atoms with Gasteiger partial charge in [-0.1, -0.05) is 24.3 Å². The summed E-state index contributed by atoms with van der Waals surface area (Å²) in [5, 5.41) is 1.01. The SMILES string of the molecule is NCc1cc(F)cc(COc2cnc3ccccc3c2)c1. The first kappa shape index (κ1) is 13.5. The van der Waals surface area contributed by atoms with Crippen LogP contribution in [0.2, 0.25) is 0 Å². The molecular weight excluding hydrogens is 267 g/mol. The van der Waals surface area contributed by atoms with E-state index < -0.39 is 0 Å². The second kappa shape index (κ2) is 5.89. The summed E-state index contributed by atoms with van der Waals surface area (Å²) in [6, 6.07) is 14.5. The van der Waals surface area contributed by atoms with E-state index in [1.807, 2.05) is 36.4 Å². The van der Waals surface area contributed by atoms with Crippen LogP contribution >= 0.6 is 0 Å². The Morgan fingerprint density at radius 3 is 2.71 bits per heavy atom. The predicted octanol–water partition coefficient (Wildman–Crippen LogP) is 3.41. The number of pyridine rings is 1. The number of rotatable bonds is 4. The van der Waals surface area contributed by atoms with E-state index in [0.717, 1.165) is 22.0 Å². The molecule has 0 bridgehead atoms. The zero-order valence-electron chi connectivity index (χ0n) is 11.4. The Morgan fingerprint density at radius 1 is 1.05 bits per heavy atom. The lowest BCUT2D eigenvalue weighted by atomic mass is 10.1. The van der Waals surface area contributed by atoms with Crippen molar-refractivity contribution in [3.63, 3.8) is 0 Å². The van der Waals surface area contributed by atoms with Crippen molar-refractivity contribution in [1.29, 1.82) is 0 Å². The lowest BCUT2D eigenvalue weighted by molar-refractivity contribution is 0.305. The lowest BCUT2D eigenvalue weighted by Gasteiger charge is -2.08. The standard InChI is InChI=1S/C17H15FN2O/c18-15-6-12(9-19)5-13(7-15)11-21-16-8-14-3-1-2-4-17(14)20-10-16/h1-8,10H,9,11,19H2. The highest BCUT2D eigenvalue weighted by molar-refractivity contribution is 5.79. The fraction of sp³-hybridized carbons (Fsp3) is 0.118. The highest BCUT2D eigenvalue weighted by Crippen LogP contribution is 2.19. The van der Waals surface area contributed by atoms with Gasteiger partial charge in [0.05, 0.1) is 11.7 Å². The van der Waals surface area contributed by atoms with Crippen LogP contribution in [-0.4, -0.2) is 4.98 Å². The maximum absolute atomic E-state index is 13.4. The molecule has 106 valence electrons. The van der Waals surface area contributed by atoms with E-state index in [0.29, 0.717) is 12.3 Å². The van der Waals surface area contributed by atoms with E-state index in [2.05, 4.69) is 4.98 Å². The van der Waals surface area contributed by atoms with Crippen LogP contribution in [0.3, 0.4) is 0 Å². The first-order valence-electron chi connectivity index (χ1n) is 6.70. The molecule has 3 rings (SSSR count). The number of fused-ring (bicyclic) bond motifs is 1. The summed E-state index contributed by atoms with van der Waals surface area (Å²) in [6.07, 6.45) is 1.67. The second-order valence-electron chi connectivity index (χ2n) is 4.82. The van der Waals surface area contributed by atoms with Crippen LogP contribution in [0.15, 0.2) is 54.7 Å². The third-order valence-electron chi connectivity index (χ3n) is 3.22. The fourth-order valence-electron chi connectivity index (χ4n) is 2.21. The highest BCUT2D eigenvalue weighted by atomic mass is 19.1. The molecule has 1 aromatic heterocycles. The first-order valence-corrected chi connectivity index (χ1v) is 6.70. The lowest BCUT2D eigenvalue weighted by Crippen LogP contribution is -2.01. The number of aromatic nitrogens is 1. The van der Waals surface area contributed by atoms with Crippen LogP contribution < -0.4 is 10.5 Å². The molecule has 0 radical (unpaired) electrons. The van der Waals surface area contributed by atoms with Crippen LogP contribution in [-0.2, 0) is 13.2 Å². The van der Waals surface area contributed by atoms with Gasteiger partial charge in [-0.3, -0.25) is 4.98 Å². The number of halogens is 1. The Balaban J connectivity index is 1.78. The second-order valence-corrected chi connectivity index (χ2v) is 4.82. The molecule has 0 aliphatic rings. The summed E-state index contributed by atoms with van der Waals surface area (Å²) in [5.41, 5.74) is 7.97. The third-order valence-corrected chi connectivity index (χ3v) is 3.22. The topological polar surface area (TPSA) is 48.1 Å². The number of nitrogens with two attached hydrogens (primary N) is 1. The van der Waals surface area contributed by atoms with Crippen molar-refractivity contribution >= 4 is 10.9 Å². The van der Waals surface area contributed by atoms with Crippen molar-refractivity contribution in [2.24, 2.45) is 5.73 Å². The molecule has 0 unspecified atom stereocenters. The minimum atomic E-state index is -0.298. The van der Waals surface area contributed by atoms with E-state index in [4.69, 9.17) is 10.5 Å². The summed E-state index contributed by atoms with van der Waals surface area (Å²) in [7, 11) is 0. The summed E-state index contributed by atoms with van der Waals surface area (Å²) < 4.78 is 19.1. The minimum Gasteiger partial charge on any atom is -0.487 e. The molecule has 0 aliphatic carbocycles. The van der Waals surface area contributed by atoms with Gasteiger partial charge in [-0.15, -0.1) is 0 Å². The van der Waals surface area contributed by atoms with E-state index in [-0.39, 0.29) is 12.4 Å². The van der Waals surface area contributed by atoms with Gasteiger partial charge >= 0.3 is 0 Å². The summed E-state index contributed by atoms with van der Waals surface area (Å²) in [6.45, 7) is 0.590. The van der Waals surface area contributed by atoms with Crippen molar-refractivity contribution in [2.45, 2.75) is 13.2 Å². The number of hydrogen-bond donors (Lipinski definition) is 1. The molecule has 0 aliphatic heterocycles. The van der Waals surface area contributed by atoms with Crippen molar-refractivity contribution < 1.29 is 9.13 Å². The van der Waals surface area contributed by atoms with Crippen molar-refractivity contribution in [3.8, 4) is 5.75 Å². The van der Waals surface area contributed by atoms with Gasteiger partial charge in [0, 0.05) is 11.9 Å². The van der Waals surface area contributed by atoms with Crippen molar-refractivity contribution in [1.82, 2.24) is 4.98 Å². The van der Waals surface area contributed by atoms with Gasteiger partial charge in [-0.05, 0) is 35.4 Å². The van der Waals surface area contributed by atoms with Crippen LogP contribution in [0.25, 0.3) is 10.9 Å². The zero-order valence-corrected chi connectivity index (χ0v) is 11.4. The Bertz CT molecular complexity index is 774. The highest BCUT2D eigenvalue weighted by Gasteiger charge is 2.03. The molecule has 3 nitrogen and oxygen atoms in total. The molecule has 2 N–H and O–H groups in total. The number of para-hydroxylation sites is 1. The number of nitrogens with zero attached hydrogens (tertiary/aromatic N) is 1. The van der Waals surface area contributed by atoms with Crippen LogP contribution in [0, 0.1) is 5.82 Å².